The van der Waals surface area contributed by atoms with E-state index >= 15 is 0 Å². The molecule has 0 aromatic heterocycles. The van der Waals surface area contributed by atoms with Gasteiger partial charge in [0.2, 0.25) is 5.79 Å². The van der Waals surface area contributed by atoms with Crippen LogP contribution in [0.3, 0.4) is 0 Å². The number of hydrogen-bond acceptors (Lipinski definition) is 7. The molecule has 1 aliphatic rings. The van der Waals surface area contributed by atoms with Gasteiger partial charge in [0, 0.05) is 0 Å². The summed E-state index contributed by atoms with van der Waals surface area (Å²) < 4.78 is 38.5. The number of hydrogen-bond donors (Lipinski definition) is 0. The second-order valence-corrected chi connectivity index (χ2v) is 10.6. The van der Waals surface area contributed by atoms with E-state index in [0.29, 0.717) is 19.8 Å². The Kier molecular flexibility index (Phi) is 12.5. The summed E-state index contributed by atoms with van der Waals surface area (Å²) in [6.07, 6.45) is -0.779. The zero-order valence-electron chi connectivity index (χ0n) is 25.0. The van der Waals surface area contributed by atoms with E-state index < -0.39 is 36.2 Å². The van der Waals surface area contributed by atoms with Crippen molar-refractivity contribution >= 4 is 5.97 Å². The van der Waals surface area contributed by atoms with E-state index in [9.17, 15) is 4.79 Å². The highest BCUT2D eigenvalue weighted by molar-refractivity contribution is 5.70. The van der Waals surface area contributed by atoms with E-state index in [4.69, 9.17) is 28.4 Å². The third-order valence-electron chi connectivity index (χ3n) is 7.29. The molecule has 0 radical (unpaired) electrons. The van der Waals surface area contributed by atoms with Gasteiger partial charge in [0.25, 0.3) is 0 Å². The molecule has 0 spiro atoms. The quantitative estimate of drug-likeness (QED) is 0.140. The molecule has 0 N–H and O–H groups in total. The molecule has 0 amide bonds. The maximum Gasteiger partial charge on any atom is 0.311 e. The molecule has 0 bridgehead atoms. The van der Waals surface area contributed by atoms with Crippen molar-refractivity contribution in [2.45, 2.75) is 90.1 Å². The highest BCUT2D eigenvalue weighted by atomic mass is 16.7. The summed E-state index contributed by atoms with van der Waals surface area (Å²) >= 11 is 0. The minimum atomic E-state index is -1.43. The van der Waals surface area contributed by atoms with Gasteiger partial charge >= 0.3 is 5.97 Å². The largest absolute Gasteiger partial charge is 0.466 e. The van der Waals surface area contributed by atoms with E-state index in [2.05, 4.69) is 6.92 Å². The van der Waals surface area contributed by atoms with Crippen molar-refractivity contribution in [3.63, 3.8) is 0 Å². The van der Waals surface area contributed by atoms with E-state index in [1.165, 1.54) is 0 Å². The smallest absolute Gasteiger partial charge is 0.311 e. The lowest BCUT2D eigenvalue weighted by molar-refractivity contribution is -0.377. The predicted molar refractivity (Wildman–Crippen MR) is 160 cm³/mol. The second-order valence-electron chi connectivity index (χ2n) is 10.6. The normalized spacial score (nSPS) is 23.9. The molecule has 1 saturated heterocycles. The average Bonchev–Trinajstić information content (AvgIpc) is 3.01. The van der Waals surface area contributed by atoms with Crippen LogP contribution in [-0.4, -0.2) is 49.4 Å². The van der Waals surface area contributed by atoms with Crippen LogP contribution >= 0.6 is 0 Å². The SMILES string of the molecule is CCCCO[C@]1(CC(=O)OCC)O[C@@H](C)[C@@H](OCc2ccccc2)[C@@H](OCc2ccccc2)[C@@H]1OCc1ccccc1. The van der Waals surface area contributed by atoms with E-state index in [1.807, 2.05) is 97.9 Å². The molecule has 226 valence electrons. The van der Waals surface area contributed by atoms with Crippen LogP contribution in [0, 0.1) is 0 Å². The van der Waals surface area contributed by atoms with Gasteiger partial charge in [-0.15, -0.1) is 0 Å². The van der Waals surface area contributed by atoms with Crippen LogP contribution in [0.2, 0.25) is 0 Å². The van der Waals surface area contributed by atoms with Crippen molar-refractivity contribution in [1.29, 1.82) is 0 Å². The van der Waals surface area contributed by atoms with Crippen LogP contribution in [-0.2, 0) is 53.0 Å². The summed E-state index contributed by atoms with van der Waals surface area (Å²) in [4.78, 5) is 13.0. The fourth-order valence-corrected chi connectivity index (χ4v) is 5.18. The van der Waals surface area contributed by atoms with Crippen molar-refractivity contribution in [2.75, 3.05) is 13.2 Å². The number of esters is 1. The predicted octanol–water partition coefficient (Wildman–Crippen LogP) is 6.63. The van der Waals surface area contributed by atoms with E-state index in [0.717, 1.165) is 29.5 Å². The number of unbranched alkanes of at least 4 members (excludes halogenated alkanes) is 1. The molecule has 1 heterocycles. The summed E-state index contributed by atoms with van der Waals surface area (Å²) in [7, 11) is 0. The molecular weight excluding hydrogens is 532 g/mol. The molecule has 0 aliphatic carbocycles. The van der Waals surface area contributed by atoms with Crippen LogP contribution in [0.5, 0.6) is 0 Å². The maximum atomic E-state index is 13.0. The van der Waals surface area contributed by atoms with Gasteiger partial charge in [-0.2, -0.15) is 0 Å². The Bertz CT molecular complexity index is 1170. The average molecular weight is 577 g/mol. The molecule has 7 nitrogen and oxygen atoms in total. The highest BCUT2D eigenvalue weighted by Crippen LogP contribution is 2.40. The summed E-state index contributed by atoms with van der Waals surface area (Å²) in [6, 6.07) is 29.9. The van der Waals surface area contributed by atoms with Gasteiger partial charge in [0.05, 0.1) is 39.1 Å². The molecule has 7 heteroatoms. The van der Waals surface area contributed by atoms with Crippen LogP contribution in [0.25, 0.3) is 0 Å². The molecule has 4 rings (SSSR count). The molecule has 1 fully saturated rings. The first kappa shape index (κ1) is 31.9. The Morgan fingerprint density at radius 1 is 0.738 bits per heavy atom. The van der Waals surface area contributed by atoms with E-state index in [1.54, 1.807) is 6.92 Å². The van der Waals surface area contributed by atoms with Gasteiger partial charge in [-0.1, -0.05) is 104 Å². The Labute approximate surface area is 250 Å². The molecule has 42 heavy (non-hydrogen) atoms. The minimum absolute atomic E-state index is 0.134. The third-order valence-corrected chi connectivity index (χ3v) is 7.29. The van der Waals surface area contributed by atoms with Crippen molar-refractivity contribution in [1.82, 2.24) is 0 Å². The molecule has 5 atom stereocenters. The first-order valence-corrected chi connectivity index (χ1v) is 15.0. The molecule has 0 saturated carbocycles. The summed E-state index contributed by atoms with van der Waals surface area (Å²) in [5.74, 6) is -1.84. The van der Waals surface area contributed by atoms with Gasteiger partial charge < -0.3 is 28.4 Å². The molecular formula is C35H44O7. The van der Waals surface area contributed by atoms with E-state index in [-0.39, 0.29) is 19.6 Å². The number of ether oxygens (including phenoxy) is 6. The lowest BCUT2D eigenvalue weighted by atomic mass is 9.89. The molecule has 0 unspecified atom stereocenters. The summed E-state index contributed by atoms with van der Waals surface area (Å²) in [5, 5.41) is 0. The molecule has 3 aromatic rings. The number of rotatable bonds is 16. The zero-order chi connectivity index (χ0) is 29.6. The second kappa shape index (κ2) is 16.5. The topological polar surface area (TPSA) is 72.5 Å². The third kappa shape index (κ3) is 8.96. The van der Waals surface area contributed by atoms with Gasteiger partial charge in [0.1, 0.15) is 24.7 Å². The minimum Gasteiger partial charge on any atom is -0.466 e. The first-order valence-electron chi connectivity index (χ1n) is 15.0. The van der Waals surface area contributed by atoms with Crippen molar-refractivity contribution < 1.29 is 33.2 Å². The fraction of sp³-hybridized carbons (Fsp3) is 0.457. The molecule has 1 aliphatic heterocycles. The zero-order valence-corrected chi connectivity index (χ0v) is 25.0. The van der Waals surface area contributed by atoms with Crippen LogP contribution in [0.15, 0.2) is 91.0 Å². The lowest BCUT2D eigenvalue weighted by Gasteiger charge is -2.51. The number of benzene rings is 3. The Morgan fingerprint density at radius 2 is 1.24 bits per heavy atom. The van der Waals surface area contributed by atoms with Crippen LogP contribution < -0.4 is 0 Å². The van der Waals surface area contributed by atoms with Crippen LogP contribution in [0.4, 0.5) is 0 Å². The van der Waals surface area contributed by atoms with Gasteiger partial charge in [-0.3, -0.25) is 4.79 Å². The summed E-state index contributed by atoms with van der Waals surface area (Å²) in [6.45, 7) is 7.45. The first-order chi connectivity index (χ1) is 20.5. The van der Waals surface area contributed by atoms with Gasteiger partial charge in [0.15, 0.2) is 0 Å². The Balaban J connectivity index is 1.71. The lowest BCUT2D eigenvalue weighted by Crippen LogP contribution is -2.67. The van der Waals surface area contributed by atoms with Crippen molar-refractivity contribution in [3.8, 4) is 0 Å². The Hall–Kier alpha value is -3.07. The van der Waals surface area contributed by atoms with Crippen molar-refractivity contribution in [2.24, 2.45) is 0 Å². The fourth-order valence-electron chi connectivity index (χ4n) is 5.18. The Morgan fingerprint density at radius 3 is 1.74 bits per heavy atom. The molecule has 3 aromatic carbocycles. The highest BCUT2D eigenvalue weighted by Gasteiger charge is 2.58. The maximum absolute atomic E-state index is 13.0. The number of carbonyl (C=O) groups excluding carboxylic acids is 1. The van der Waals surface area contributed by atoms with Gasteiger partial charge in [-0.25, -0.2) is 0 Å². The standard InChI is InChI=1S/C35H44O7/c1-4-6-22-41-35(23-31(36)37-5-2)34(40-26-30-20-14-9-15-21-30)33(39-25-29-18-12-8-13-19-29)32(27(3)42-35)38-24-28-16-10-7-11-17-28/h7-21,27,32-34H,4-6,22-26H2,1-3H3/t27-,32+,33+,34-,35+/m0/s1. The number of carbonyl (C=O) groups is 1. The van der Waals surface area contributed by atoms with Gasteiger partial charge in [-0.05, 0) is 37.0 Å². The van der Waals surface area contributed by atoms with Crippen LogP contribution in [0.1, 0.15) is 56.7 Å². The monoisotopic (exact) mass is 576 g/mol. The summed E-state index contributed by atoms with van der Waals surface area (Å²) in [5.41, 5.74) is 3.04. The van der Waals surface area contributed by atoms with Crippen molar-refractivity contribution in [3.05, 3.63) is 108 Å².